The van der Waals surface area contributed by atoms with Crippen molar-refractivity contribution in [1.82, 2.24) is 0 Å². The monoisotopic (exact) mass is 550 g/mol. The van der Waals surface area contributed by atoms with Crippen molar-refractivity contribution in [1.29, 1.82) is 0 Å². The lowest BCUT2D eigenvalue weighted by Crippen LogP contribution is -2.25. The van der Waals surface area contributed by atoms with Gasteiger partial charge in [0.05, 0.1) is 0 Å². The summed E-state index contributed by atoms with van der Waals surface area (Å²) in [6.07, 6.45) is 0. The Morgan fingerprint density at radius 2 is 0.600 bits per heavy atom. The number of hydrogen-bond acceptors (Lipinski definition) is 2. The van der Waals surface area contributed by atoms with Gasteiger partial charge < -0.3 is 9.13 Å². The molecule has 0 saturated carbocycles. The Hall–Kier alpha value is -4.22. The molecule has 2 aliphatic heterocycles. The summed E-state index contributed by atoms with van der Waals surface area (Å²) in [5, 5.41) is 5.04. The predicted octanol–water partition coefficient (Wildman–Crippen LogP) is 6.59. The third-order valence-corrected chi connectivity index (χ3v) is 14.7. The molecule has 0 aromatic heterocycles. The van der Waals surface area contributed by atoms with Crippen molar-refractivity contribution in [3.8, 4) is 33.4 Å². The van der Waals surface area contributed by atoms with Crippen molar-refractivity contribution in [2.24, 2.45) is 0 Å². The van der Waals surface area contributed by atoms with Crippen LogP contribution < -0.4 is 31.8 Å². The largest absolute Gasteiger partial charge is 0.309 e. The second kappa shape index (κ2) is 8.64. The molecule has 2 nitrogen and oxygen atoms in total. The quantitative estimate of drug-likeness (QED) is 0.233. The smallest absolute Gasteiger partial charge is 0.172 e. The Bertz CT molecular complexity index is 1910. The molecule has 0 radical (unpaired) electrons. The second-order valence-electron chi connectivity index (χ2n) is 10.3. The van der Waals surface area contributed by atoms with E-state index in [0.717, 1.165) is 65.2 Å². The maximum Gasteiger partial charge on any atom is 0.172 e. The van der Waals surface area contributed by atoms with E-state index in [1.54, 1.807) is 0 Å². The fourth-order valence-electron chi connectivity index (χ4n) is 6.64. The van der Waals surface area contributed by atoms with Crippen LogP contribution in [0, 0.1) is 0 Å². The molecule has 8 rings (SSSR count). The van der Waals surface area contributed by atoms with E-state index >= 15 is 9.13 Å². The molecule has 0 fully saturated rings. The molecule has 6 aromatic carbocycles. The molecule has 6 aromatic rings. The van der Waals surface area contributed by atoms with E-state index in [2.05, 4.69) is 36.4 Å². The zero-order valence-corrected chi connectivity index (χ0v) is 23.4. The molecule has 2 atom stereocenters. The van der Waals surface area contributed by atoms with E-state index in [-0.39, 0.29) is 0 Å². The Balaban J connectivity index is 1.49. The molecule has 0 N–H and O–H groups in total. The van der Waals surface area contributed by atoms with E-state index in [1.165, 1.54) is 0 Å². The van der Waals surface area contributed by atoms with Gasteiger partial charge in [0.25, 0.3) is 0 Å². The molecular weight excluding hydrogens is 526 g/mol. The Kier molecular flexibility index (Phi) is 5.11. The zero-order valence-electron chi connectivity index (χ0n) is 21.6. The summed E-state index contributed by atoms with van der Waals surface area (Å²) in [4.78, 5) is 0. The molecule has 40 heavy (non-hydrogen) atoms. The molecule has 0 bridgehead atoms. The van der Waals surface area contributed by atoms with E-state index in [9.17, 15) is 0 Å². The minimum atomic E-state index is -3.21. The van der Waals surface area contributed by atoms with Crippen LogP contribution in [0.15, 0.2) is 146 Å². The van der Waals surface area contributed by atoms with E-state index in [4.69, 9.17) is 0 Å². The van der Waals surface area contributed by atoms with Crippen molar-refractivity contribution < 1.29 is 9.13 Å². The maximum absolute atomic E-state index is 15.5. The SMILES string of the molecule is O=[P@]1(c2ccccc2)c2ccccc2-c2cccc(-c3cccc4c3[P@](=O)(c3ccccc3)c3ccccc3-4)c21. The highest BCUT2D eigenvalue weighted by Gasteiger charge is 2.45. The van der Waals surface area contributed by atoms with Crippen LogP contribution in [0.3, 0.4) is 0 Å². The van der Waals surface area contributed by atoms with Gasteiger partial charge in [-0.2, -0.15) is 0 Å². The van der Waals surface area contributed by atoms with Crippen molar-refractivity contribution in [2.45, 2.75) is 0 Å². The lowest BCUT2D eigenvalue weighted by molar-refractivity contribution is 0.592. The molecule has 2 heterocycles. The van der Waals surface area contributed by atoms with Crippen LogP contribution in [0.4, 0.5) is 0 Å². The third kappa shape index (κ3) is 3.01. The van der Waals surface area contributed by atoms with Crippen LogP contribution >= 0.6 is 14.3 Å². The summed E-state index contributed by atoms with van der Waals surface area (Å²) >= 11 is 0. The summed E-state index contributed by atoms with van der Waals surface area (Å²) in [5.41, 5.74) is 5.77. The van der Waals surface area contributed by atoms with Crippen LogP contribution in [-0.2, 0) is 9.13 Å². The first-order valence-corrected chi connectivity index (χ1v) is 16.8. The van der Waals surface area contributed by atoms with Crippen LogP contribution in [-0.4, -0.2) is 0 Å². The van der Waals surface area contributed by atoms with Crippen molar-refractivity contribution >= 4 is 46.1 Å². The Morgan fingerprint density at radius 3 is 1.00 bits per heavy atom. The fourth-order valence-corrected chi connectivity index (χ4v) is 13.2. The van der Waals surface area contributed by atoms with Gasteiger partial charge in [0, 0.05) is 31.8 Å². The molecular formula is C36H24O2P2. The number of rotatable bonds is 3. The molecule has 0 amide bonds. The fraction of sp³-hybridized carbons (Fsp3) is 0. The first-order chi connectivity index (χ1) is 19.6. The van der Waals surface area contributed by atoms with Crippen molar-refractivity contribution in [3.05, 3.63) is 146 Å². The predicted molar refractivity (Wildman–Crippen MR) is 169 cm³/mol. The molecule has 0 saturated heterocycles. The zero-order chi connectivity index (χ0) is 26.9. The molecule has 0 spiro atoms. The standard InChI is InChI=1S/C36H24O2P2/c37-39(25-13-3-1-4-14-25)33-23-9-7-17-27(33)29-19-11-21-31(35(29)39)32-22-12-20-30-28-18-8-10-24-34(28)40(38,36(30)32)26-15-5-2-6-16-26/h1-24H/t39-,40+. The van der Waals surface area contributed by atoms with Crippen LogP contribution in [0.25, 0.3) is 33.4 Å². The molecule has 0 aliphatic carbocycles. The van der Waals surface area contributed by atoms with Gasteiger partial charge in [0.15, 0.2) is 14.3 Å². The molecule has 4 heteroatoms. The molecule has 0 unspecified atom stereocenters. The minimum absolute atomic E-state index is 0.816. The molecule has 2 aliphatic rings. The highest BCUT2D eigenvalue weighted by atomic mass is 31.2. The first kappa shape index (κ1) is 23.6. The summed E-state index contributed by atoms with van der Waals surface area (Å²) in [5.74, 6) is 0. The van der Waals surface area contributed by atoms with Crippen molar-refractivity contribution in [2.75, 3.05) is 0 Å². The average molecular weight is 551 g/mol. The van der Waals surface area contributed by atoms with E-state index < -0.39 is 14.3 Å². The van der Waals surface area contributed by atoms with E-state index in [1.807, 2.05) is 109 Å². The van der Waals surface area contributed by atoms with Gasteiger partial charge >= 0.3 is 0 Å². The topological polar surface area (TPSA) is 34.1 Å². The van der Waals surface area contributed by atoms with Crippen LogP contribution in [0.2, 0.25) is 0 Å². The summed E-state index contributed by atoms with van der Waals surface area (Å²) in [7, 11) is -6.42. The maximum atomic E-state index is 15.5. The first-order valence-electron chi connectivity index (χ1n) is 13.4. The van der Waals surface area contributed by atoms with Gasteiger partial charge in [-0.15, -0.1) is 0 Å². The molecule has 190 valence electrons. The van der Waals surface area contributed by atoms with Crippen LogP contribution in [0.1, 0.15) is 0 Å². The summed E-state index contributed by atoms with van der Waals surface area (Å²) < 4.78 is 31.1. The normalized spacial score (nSPS) is 19.9. The van der Waals surface area contributed by atoms with Gasteiger partial charge in [0.1, 0.15) is 0 Å². The minimum Gasteiger partial charge on any atom is -0.309 e. The van der Waals surface area contributed by atoms with Crippen molar-refractivity contribution in [3.63, 3.8) is 0 Å². The Labute approximate surface area is 233 Å². The van der Waals surface area contributed by atoms with E-state index in [0.29, 0.717) is 0 Å². The lowest BCUT2D eigenvalue weighted by Gasteiger charge is -2.23. The average Bonchev–Trinajstić information content (AvgIpc) is 3.46. The van der Waals surface area contributed by atoms with Gasteiger partial charge in [-0.3, -0.25) is 0 Å². The Morgan fingerprint density at radius 1 is 0.300 bits per heavy atom. The number of fused-ring (bicyclic) bond motifs is 6. The highest BCUT2D eigenvalue weighted by Crippen LogP contribution is 2.57. The number of benzene rings is 6. The van der Waals surface area contributed by atoms with Gasteiger partial charge in [-0.25, -0.2) is 0 Å². The van der Waals surface area contributed by atoms with Crippen LogP contribution in [0.5, 0.6) is 0 Å². The lowest BCUT2D eigenvalue weighted by atomic mass is 9.96. The van der Waals surface area contributed by atoms with Gasteiger partial charge in [-0.1, -0.05) is 146 Å². The highest BCUT2D eigenvalue weighted by molar-refractivity contribution is 7.87. The summed E-state index contributed by atoms with van der Waals surface area (Å²) in [6.45, 7) is 0. The second-order valence-corrected chi connectivity index (χ2v) is 15.7. The van der Waals surface area contributed by atoms with Gasteiger partial charge in [0.2, 0.25) is 0 Å². The third-order valence-electron chi connectivity index (χ3n) is 8.30. The van der Waals surface area contributed by atoms with Gasteiger partial charge in [-0.05, 0) is 33.4 Å². The summed E-state index contributed by atoms with van der Waals surface area (Å²) in [6, 6.07) is 48.1. The number of hydrogen-bond donors (Lipinski definition) is 0.